The van der Waals surface area contributed by atoms with Crippen molar-refractivity contribution in [2.75, 3.05) is 0 Å². The molecule has 0 unspecified atom stereocenters. The number of benzene rings is 2. The van der Waals surface area contributed by atoms with Crippen LogP contribution in [0.4, 0.5) is 0 Å². The summed E-state index contributed by atoms with van der Waals surface area (Å²) in [5.74, 6) is -0.205. The molecule has 0 saturated carbocycles. The van der Waals surface area contributed by atoms with Gasteiger partial charge in [-0.2, -0.15) is 0 Å². The fourth-order valence-corrected chi connectivity index (χ4v) is 2.47. The van der Waals surface area contributed by atoms with Crippen LogP contribution < -0.4 is 5.32 Å². The highest BCUT2D eigenvalue weighted by atomic mass is 35.5. The fraction of sp³-hybridized carbons (Fsp3) is 0.125. The first kappa shape index (κ1) is 15.2. The maximum atomic E-state index is 12.7. The monoisotopic (exact) mass is 327 g/mol. The number of halogens is 1. The lowest BCUT2D eigenvalue weighted by Crippen LogP contribution is -2.33. The Morgan fingerprint density at radius 2 is 1.87 bits per heavy atom. The third-order valence-electron chi connectivity index (χ3n) is 3.40. The van der Waals surface area contributed by atoms with Crippen molar-refractivity contribution in [3.63, 3.8) is 0 Å². The number of tetrazole rings is 1. The average molecular weight is 328 g/mol. The van der Waals surface area contributed by atoms with Gasteiger partial charge in [0.25, 0.3) is 0 Å². The smallest absolute Gasteiger partial charge is 0.249 e. The summed E-state index contributed by atoms with van der Waals surface area (Å²) in [4.78, 5) is 12.7. The summed E-state index contributed by atoms with van der Waals surface area (Å²) in [5, 5.41) is 14.6. The molecule has 0 aliphatic carbocycles. The Bertz CT molecular complexity index is 776. The molecule has 3 rings (SSSR count). The number of carbonyl (C=O) groups excluding carboxylic acids is 1. The van der Waals surface area contributed by atoms with Crippen LogP contribution >= 0.6 is 11.6 Å². The van der Waals surface area contributed by atoms with Crippen LogP contribution in [0.3, 0.4) is 0 Å². The summed E-state index contributed by atoms with van der Waals surface area (Å²) in [6.07, 6.45) is 1.42. The van der Waals surface area contributed by atoms with Gasteiger partial charge in [0.1, 0.15) is 6.33 Å². The van der Waals surface area contributed by atoms with Gasteiger partial charge in [0.15, 0.2) is 6.04 Å². The van der Waals surface area contributed by atoms with Crippen molar-refractivity contribution in [2.45, 2.75) is 12.6 Å². The van der Waals surface area contributed by atoms with Crippen LogP contribution in [0.5, 0.6) is 0 Å². The first-order valence-corrected chi connectivity index (χ1v) is 7.42. The van der Waals surface area contributed by atoms with E-state index >= 15 is 0 Å². The molecule has 0 spiro atoms. The molecule has 1 aromatic heterocycles. The molecule has 1 amide bonds. The highest BCUT2D eigenvalue weighted by Gasteiger charge is 2.23. The minimum atomic E-state index is -0.631. The van der Waals surface area contributed by atoms with Gasteiger partial charge in [-0.15, -0.1) is 5.10 Å². The van der Waals surface area contributed by atoms with Gasteiger partial charge in [-0.3, -0.25) is 4.79 Å². The number of rotatable bonds is 5. The maximum absolute atomic E-state index is 12.7. The Morgan fingerprint density at radius 1 is 1.13 bits per heavy atom. The van der Waals surface area contributed by atoms with Crippen LogP contribution in [0.2, 0.25) is 5.02 Å². The van der Waals surface area contributed by atoms with E-state index < -0.39 is 6.04 Å². The van der Waals surface area contributed by atoms with Gasteiger partial charge in [0.2, 0.25) is 5.91 Å². The van der Waals surface area contributed by atoms with Crippen LogP contribution in [0.1, 0.15) is 17.2 Å². The zero-order valence-electron chi connectivity index (χ0n) is 12.1. The first-order valence-electron chi connectivity index (χ1n) is 7.04. The Hall–Kier alpha value is -2.73. The minimum absolute atomic E-state index is 0.205. The number of aromatic nitrogens is 4. The standard InChI is InChI=1S/C16H14ClN5O/c17-14-9-5-4-8-13(14)10-18-16(23)15(22-11-19-20-21-22)12-6-2-1-3-7-12/h1-9,11,15H,10H2,(H,18,23)/t15-/m0/s1. The molecular weight excluding hydrogens is 314 g/mol. The highest BCUT2D eigenvalue weighted by Crippen LogP contribution is 2.18. The average Bonchev–Trinajstić information content (AvgIpc) is 3.09. The molecular formula is C16H14ClN5O. The Balaban J connectivity index is 1.80. The van der Waals surface area contributed by atoms with Gasteiger partial charge in [0.05, 0.1) is 0 Å². The van der Waals surface area contributed by atoms with Crippen molar-refractivity contribution in [3.8, 4) is 0 Å². The van der Waals surface area contributed by atoms with Crippen LogP contribution in [0.25, 0.3) is 0 Å². The van der Waals surface area contributed by atoms with Crippen molar-refractivity contribution in [1.29, 1.82) is 0 Å². The lowest BCUT2D eigenvalue weighted by Gasteiger charge is -2.17. The minimum Gasteiger partial charge on any atom is -0.350 e. The maximum Gasteiger partial charge on any atom is 0.249 e. The fourth-order valence-electron chi connectivity index (χ4n) is 2.27. The van der Waals surface area contributed by atoms with Gasteiger partial charge < -0.3 is 5.32 Å². The third-order valence-corrected chi connectivity index (χ3v) is 3.77. The van der Waals surface area contributed by atoms with Gasteiger partial charge in [0, 0.05) is 11.6 Å². The number of hydrogen-bond acceptors (Lipinski definition) is 4. The number of hydrogen-bond donors (Lipinski definition) is 1. The van der Waals surface area contributed by atoms with Gasteiger partial charge >= 0.3 is 0 Å². The molecule has 1 N–H and O–H groups in total. The Kier molecular flexibility index (Phi) is 4.63. The zero-order chi connectivity index (χ0) is 16.1. The molecule has 0 aliphatic heterocycles. The molecule has 1 atom stereocenters. The first-order chi connectivity index (χ1) is 11.3. The summed E-state index contributed by atoms with van der Waals surface area (Å²) >= 11 is 6.11. The van der Waals surface area contributed by atoms with Crippen molar-refractivity contribution in [1.82, 2.24) is 25.5 Å². The second-order valence-electron chi connectivity index (χ2n) is 4.91. The Labute approximate surface area is 138 Å². The van der Waals surface area contributed by atoms with Crippen LogP contribution in [0.15, 0.2) is 60.9 Å². The molecule has 6 nitrogen and oxygen atoms in total. The van der Waals surface area contributed by atoms with Crippen LogP contribution in [-0.4, -0.2) is 26.1 Å². The van der Waals surface area contributed by atoms with Crippen molar-refractivity contribution >= 4 is 17.5 Å². The molecule has 0 fully saturated rings. The van der Waals surface area contributed by atoms with E-state index in [1.54, 1.807) is 6.07 Å². The van der Waals surface area contributed by atoms with E-state index in [-0.39, 0.29) is 5.91 Å². The lowest BCUT2D eigenvalue weighted by molar-refractivity contribution is -0.123. The molecule has 0 bridgehead atoms. The molecule has 2 aromatic carbocycles. The van der Waals surface area contributed by atoms with Gasteiger partial charge in [-0.25, -0.2) is 4.68 Å². The molecule has 7 heteroatoms. The normalized spacial score (nSPS) is 11.9. The number of amides is 1. The molecule has 0 saturated heterocycles. The molecule has 23 heavy (non-hydrogen) atoms. The van der Waals surface area contributed by atoms with E-state index in [1.165, 1.54) is 11.0 Å². The van der Waals surface area contributed by atoms with Crippen molar-refractivity contribution in [3.05, 3.63) is 77.1 Å². The molecule has 0 radical (unpaired) electrons. The predicted octanol–water partition coefficient (Wildman–Crippen LogP) is 2.23. The SMILES string of the molecule is O=C(NCc1ccccc1Cl)[C@H](c1ccccc1)n1cnnn1. The number of nitrogens with one attached hydrogen (secondary N) is 1. The summed E-state index contributed by atoms with van der Waals surface area (Å²) in [6, 6.07) is 16.1. The highest BCUT2D eigenvalue weighted by molar-refractivity contribution is 6.31. The van der Waals surface area contributed by atoms with E-state index in [2.05, 4.69) is 20.8 Å². The second-order valence-corrected chi connectivity index (χ2v) is 5.32. The zero-order valence-corrected chi connectivity index (χ0v) is 12.9. The topological polar surface area (TPSA) is 72.7 Å². The van der Waals surface area contributed by atoms with Crippen molar-refractivity contribution in [2.24, 2.45) is 0 Å². The Morgan fingerprint density at radius 3 is 2.57 bits per heavy atom. The number of carbonyl (C=O) groups is 1. The van der Waals surface area contributed by atoms with Crippen molar-refractivity contribution < 1.29 is 4.79 Å². The van der Waals surface area contributed by atoms with Gasteiger partial charge in [-0.05, 0) is 27.6 Å². The summed E-state index contributed by atoms with van der Waals surface area (Å²) < 4.78 is 1.43. The summed E-state index contributed by atoms with van der Waals surface area (Å²) in [7, 11) is 0. The van der Waals surface area contributed by atoms with E-state index in [0.29, 0.717) is 11.6 Å². The third kappa shape index (κ3) is 3.54. The lowest BCUT2D eigenvalue weighted by atomic mass is 10.1. The molecule has 116 valence electrons. The molecule has 1 heterocycles. The van der Waals surface area contributed by atoms with E-state index in [0.717, 1.165) is 11.1 Å². The number of nitrogens with zero attached hydrogens (tertiary/aromatic N) is 4. The van der Waals surface area contributed by atoms with E-state index in [4.69, 9.17) is 11.6 Å². The second kappa shape index (κ2) is 7.02. The quantitative estimate of drug-likeness (QED) is 0.780. The van der Waals surface area contributed by atoms with E-state index in [1.807, 2.05) is 48.5 Å². The molecule has 3 aromatic rings. The predicted molar refractivity (Wildman–Crippen MR) is 85.7 cm³/mol. The molecule has 0 aliphatic rings. The van der Waals surface area contributed by atoms with Crippen LogP contribution in [0, 0.1) is 0 Å². The largest absolute Gasteiger partial charge is 0.350 e. The summed E-state index contributed by atoms with van der Waals surface area (Å²) in [5.41, 5.74) is 1.66. The van der Waals surface area contributed by atoms with Gasteiger partial charge in [-0.1, -0.05) is 60.1 Å². The summed E-state index contributed by atoms with van der Waals surface area (Å²) in [6.45, 7) is 0.337. The van der Waals surface area contributed by atoms with Crippen LogP contribution in [-0.2, 0) is 11.3 Å². The van der Waals surface area contributed by atoms with E-state index in [9.17, 15) is 4.79 Å².